The van der Waals surface area contributed by atoms with Gasteiger partial charge in [-0.25, -0.2) is 9.98 Å². The lowest BCUT2D eigenvalue weighted by Crippen LogP contribution is -2.04. The van der Waals surface area contributed by atoms with Crippen LogP contribution in [0.5, 0.6) is 0 Å². The molecule has 0 amide bonds. The highest BCUT2D eigenvalue weighted by Crippen LogP contribution is 2.39. The third kappa shape index (κ3) is 7.19. The Labute approximate surface area is 341 Å². The summed E-state index contributed by atoms with van der Waals surface area (Å²) in [6.07, 6.45) is 9.04. The van der Waals surface area contributed by atoms with Gasteiger partial charge < -0.3 is 4.57 Å². The van der Waals surface area contributed by atoms with E-state index in [2.05, 4.69) is 153 Å². The van der Waals surface area contributed by atoms with Gasteiger partial charge in [0.2, 0.25) is 0 Å². The molecule has 0 saturated carbocycles. The minimum absolute atomic E-state index is 0.632. The van der Waals surface area contributed by atoms with Crippen LogP contribution in [0, 0.1) is 13.8 Å². The van der Waals surface area contributed by atoms with E-state index in [4.69, 9.17) is 9.98 Å². The number of hydrogen-bond acceptors (Lipinski definition) is 1. The predicted molar refractivity (Wildman–Crippen MR) is 249 cm³/mol. The SMILES string of the molecule is C=C(/N=C(\N=C(/C)c1cccc(-c2ccc3c(c2)c2cc(-c4ccc(C)c(-c5ccccc5C)c4)ccc2n3C2=CCCC=C2)c1)c1ccccc1)c1ccccc1. The number of rotatable bonds is 8. The molecule has 3 heteroatoms. The van der Waals surface area contributed by atoms with Crippen molar-refractivity contribution in [3.8, 4) is 33.4 Å². The second-order valence-corrected chi connectivity index (χ2v) is 15.1. The largest absolute Gasteiger partial charge is 0.310 e. The van der Waals surface area contributed by atoms with Crippen molar-refractivity contribution in [2.24, 2.45) is 9.98 Å². The van der Waals surface area contributed by atoms with Crippen molar-refractivity contribution in [2.75, 3.05) is 0 Å². The minimum atomic E-state index is 0.632. The molecule has 9 rings (SSSR count). The molecule has 0 radical (unpaired) electrons. The average Bonchev–Trinajstić information content (AvgIpc) is 3.60. The molecule has 0 atom stereocenters. The Balaban J connectivity index is 1.14. The molecule has 0 unspecified atom stereocenters. The lowest BCUT2D eigenvalue weighted by atomic mass is 9.92. The lowest BCUT2D eigenvalue weighted by molar-refractivity contribution is 1.02. The van der Waals surface area contributed by atoms with Crippen molar-refractivity contribution in [1.82, 2.24) is 4.57 Å². The molecule has 0 N–H and O–H groups in total. The highest BCUT2D eigenvalue weighted by Gasteiger charge is 2.17. The molecule has 0 saturated heterocycles. The number of nitrogens with zero attached hydrogens (tertiary/aromatic N) is 3. The molecule has 0 fully saturated rings. The Morgan fingerprint density at radius 2 is 1.10 bits per heavy atom. The van der Waals surface area contributed by atoms with Crippen LogP contribution in [0.1, 0.15) is 47.6 Å². The van der Waals surface area contributed by atoms with Crippen LogP contribution in [-0.2, 0) is 0 Å². The van der Waals surface area contributed by atoms with E-state index in [1.54, 1.807) is 0 Å². The fourth-order valence-corrected chi connectivity index (χ4v) is 8.10. The van der Waals surface area contributed by atoms with Gasteiger partial charge in [0.15, 0.2) is 5.84 Å². The number of allylic oxidation sites excluding steroid dienone is 4. The zero-order chi connectivity index (χ0) is 39.6. The fraction of sp³-hybridized carbons (Fsp3) is 0.0909. The van der Waals surface area contributed by atoms with Crippen molar-refractivity contribution >= 4 is 44.7 Å². The van der Waals surface area contributed by atoms with Gasteiger partial charge in [-0.05, 0) is 132 Å². The quantitative estimate of drug-likeness (QED) is 0.109. The molecule has 8 aromatic rings. The maximum atomic E-state index is 5.13. The first-order chi connectivity index (χ1) is 28.4. The Hall–Kier alpha value is -7.10. The van der Waals surface area contributed by atoms with Gasteiger partial charge in [-0.2, -0.15) is 0 Å². The topological polar surface area (TPSA) is 29.6 Å². The second-order valence-electron chi connectivity index (χ2n) is 15.1. The first-order valence-electron chi connectivity index (χ1n) is 20.1. The summed E-state index contributed by atoms with van der Waals surface area (Å²) in [4.78, 5) is 10.1. The molecule has 58 heavy (non-hydrogen) atoms. The number of aryl methyl sites for hydroxylation is 2. The molecule has 0 spiro atoms. The van der Waals surface area contributed by atoms with E-state index in [0.29, 0.717) is 11.5 Å². The summed E-state index contributed by atoms with van der Waals surface area (Å²) >= 11 is 0. The molecule has 1 aliphatic carbocycles. The second kappa shape index (κ2) is 15.8. The number of hydrogen-bond donors (Lipinski definition) is 0. The first kappa shape index (κ1) is 36.5. The molecule has 1 heterocycles. The van der Waals surface area contributed by atoms with Gasteiger partial charge in [-0.3, -0.25) is 0 Å². The maximum Gasteiger partial charge on any atom is 0.160 e. The van der Waals surface area contributed by atoms with Crippen LogP contribution in [0.4, 0.5) is 0 Å². The lowest BCUT2D eigenvalue weighted by Gasteiger charge is -2.13. The van der Waals surface area contributed by atoms with Gasteiger partial charge in [0, 0.05) is 27.7 Å². The Morgan fingerprint density at radius 3 is 1.78 bits per heavy atom. The van der Waals surface area contributed by atoms with Crippen molar-refractivity contribution in [3.63, 3.8) is 0 Å². The zero-order valence-corrected chi connectivity index (χ0v) is 33.3. The van der Waals surface area contributed by atoms with E-state index in [1.807, 2.05) is 60.7 Å². The Bertz CT molecular complexity index is 2970. The molecule has 1 aliphatic rings. The van der Waals surface area contributed by atoms with E-state index in [0.717, 1.165) is 46.4 Å². The summed E-state index contributed by atoms with van der Waals surface area (Å²) in [5.74, 6) is 0.632. The Morgan fingerprint density at radius 1 is 0.517 bits per heavy atom. The molecule has 0 aliphatic heterocycles. The monoisotopic (exact) mass is 747 g/mol. The maximum absolute atomic E-state index is 5.13. The van der Waals surface area contributed by atoms with Gasteiger partial charge >= 0.3 is 0 Å². The van der Waals surface area contributed by atoms with Gasteiger partial charge in [0.1, 0.15) is 0 Å². The third-order valence-electron chi connectivity index (χ3n) is 11.3. The molecular weight excluding hydrogens is 703 g/mol. The van der Waals surface area contributed by atoms with Gasteiger partial charge in [0.25, 0.3) is 0 Å². The number of aromatic nitrogens is 1. The van der Waals surface area contributed by atoms with Crippen LogP contribution in [-0.4, -0.2) is 16.1 Å². The molecular formula is C55H45N3. The van der Waals surface area contributed by atoms with Crippen molar-refractivity contribution in [2.45, 2.75) is 33.6 Å². The van der Waals surface area contributed by atoms with E-state index in [1.165, 1.54) is 60.9 Å². The van der Waals surface area contributed by atoms with Crippen molar-refractivity contribution < 1.29 is 0 Å². The minimum Gasteiger partial charge on any atom is -0.310 e. The number of amidine groups is 1. The summed E-state index contributed by atoms with van der Waals surface area (Å²) in [6, 6.07) is 58.3. The third-order valence-corrected chi connectivity index (χ3v) is 11.3. The highest BCUT2D eigenvalue weighted by atomic mass is 15.0. The van der Waals surface area contributed by atoms with Crippen molar-refractivity contribution in [3.05, 3.63) is 216 Å². The standard InChI is InChI=1S/C55H45N3/c1-37-17-14-15-26-49(37)50-34-45(28-27-38(50)2)47-30-32-54-52(36-47)51-35-46(29-31-53(51)58(54)48-24-12-7-13-25-48)44-23-16-22-43(33-44)40(4)57-55(42-20-10-6-11-21-42)56-39(3)41-18-8-5-9-19-41/h5-6,8-12,14-36H,3,7,13H2,1-2,4H3/b56-55-,57-40+. The average molecular weight is 748 g/mol. The van der Waals surface area contributed by atoms with Crippen molar-refractivity contribution in [1.29, 1.82) is 0 Å². The van der Waals surface area contributed by atoms with Crippen LogP contribution in [0.2, 0.25) is 0 Å². The van der Waals surface area contributed by atoms with Gasteiger partial charge in [-0.15, -0.1) is 0 Å². The summed E-state index contributed by atoms with van der Waals surface area (Å²) < 4.78 is 2.43. The zero-order valence-electron chi connectivity index (χ0n) is 33.3. The van der Waals surface area contributed by atoms with E-state index >= 15 is 0 Å². The molecule has 7 aromatic carbocycles. The summed E-state index contributed by atoms with van der Waals surface area (Å²) in [6.45, 7) is 10.7. The van der Waals surface area contributed by atoms with Gasteiger partial charge in [0.05, 0.1) is 16.7 Å². The normalized spacial score (nSPS) is 13.3. The van der Waals surface area contributed by atoms with Crippen LogP contribution in [0.25, 0.3) is 66.6 Å². The van der Waals surface area contributed by atoms with Crippen LogP contribution < -0.4 is 0 Å². The number of benzene rings is 7. The molecule has 1 aromatic heterocycles. The predicted octanol–water partition coefficient (Wildman–Crippen LogP) is 14.5. The van der Waals surface area contributed by atoms with E-state index < -0.39 is 0 Å². The molecule has 280 valence electrons. The smallest absolute Gasteiger partial charge is 0.160 e. The van der Waals surface area contributed by atoms with Crippen LogP contribution >= 0.6 is 0 Å². The van der Waals surface area contributed by atoms with Crippen LogP contribution in [0.3, 0.4) is 0 Å². The fourth-order valence-electron chi connectivity index (χ4n) is 8.10. The summed E-state index contributed by atoms with van der Waals surface area (Å²) in [5, 5.41) is 2.47. The number of aliphatic imine (C=N–C) groups is 2. The molecule has 3 nitrogen and oxygen atoms in total. The highest BCUT2D eigenvalue weighted by molar-refractivity contribution is 6.14. The summed E-state index contributed by atoms with van der Waals surface area (Å²) in [5.41, 5.74) is 18.0. The number of fused-ring (bicyclic) bond motifs is 3. The summed E-state index contributed by atoms with van der Waals surface area (Å²) in [7, 11) is 0. The first-order valence-corrected chi connectivity index (χ1v) is 20.1. The molecule has 0 bridgehead atoms. The Kier molecular flexibility index (Phi) is 9.95. The van der Waals surface area contributed by atoms with E-state index in [9.17, 15) is 0 Å². The van der Waals surface area contributed by atoms with Gasteiger partial charge in [-0.1, -0.05) is 146 Å². The van der Waals surface area contributed by atoms with Crippen LogP contribution in [0.15, 0.2) is 199 Å². The van der Waals surface area contributed by atoms with E-state index in [-0.39, 0.29) is 0 Å².